The van der Waals surface area contributed by atoms with Crippen LogP contribution in [0.5, 0.6) is 5.75 Å². The summed E-state index contributed by atoms with van der Waals surface area (Å²) in [4.78, 5) is 40.7. The molecule has 6 rings (SSSR count). The van der Waals surface area contributed by atoms with Gasteiger partial charge in [-0.15, -0.1) is 0 Å². The lowest BCUT2D eigenvalue weighted by Gasteiger charge is -2.51. The fourth-order valence-electron chi connectivity index (χ4n) is 7.30. The molecule has 3 fully saturated rings. The van der Waals surface area contributed by atoms with Crippen molar-refractivity contribution in [3.05, 3.63) is 52.1 Å². The van der Waals surface area contributed by atoms with Gasteiger partial charge in [-0.1, -0.05) is 12.1 Å². The lowest BCUT2D eigenvalue weighted by atomic mass is 9.57. The van der Waals surface area contributed by atoms with Gasteiger partial charge in [0.2, 0.25) is 0 Å². The molecule has 1 saturated carbocycles. The van der Waals surface area contributed by atoms with E-state index >= 15 is 0 Å². The van der Waals surface area contributed by atoms with E-state index in [0.29, 0.717) is 0 Å². The number of Topliss-reactive ketones (excluding diaryl/α,β-unsaturated/α-hetero) is 3. The van der Waals surface area contributed by atoms with Crippen molar-refractivity contribution in [2.45, 2.75) is 112 Å². The second-order valence-corrected chi connectivity index (χ2v) is 12.9. The van der Waals surface area contributed by atoms with Crippen LogP contribution in [0.4, 0.5) is 0 Å². The Hall–Kier alpha value is -2.85. The number of phenolic OH excluding ortho intramolecular Hbond substituents is 1. The van der Waals surface area contributed by atoms with Crippen LogP contribution in [0.2, 0.25) is 0 Å². The van der Waals surface area contributed by atoms with Gasteiger partial charge in [0.05, 0.1) is 47.3 Å². The van der Waals surface area contributed by atoms with E-state index in [-0.39, 0.29) is 35.1 Å². The number of fused-ring (bicyclic) bond motifs is 3. The number of aliphatic hydroxyl groups is 6. The first kappa shape index (κ1) is 31.1. The lowest BCUT2D eigenvalue weighted by molar-refractivity contribution is -0.293. The van der Waals surface area contributed by atoms with Crippen LogP contribution < -0.4 is 0 Å². The number of rotatable bonds is 3. The molecule has 0 aromatic heterocycles. The number of hydrogen-bond acceptors (Lipinski definition) is 13. The minimum absolute atomic E-state index is 0.0175. The van der Waals surface area contributed by atoms with Crippen LogP contribution in [-0.4, -0.2) is 113 Å². The Balaban J connectivity index is 1.27. The molecule has 0 spiro atoms. The van der Waals surface area contributed by atoms with Crippen molar-refractivity contribution >= 4 is 17.3 Å². The van der Waals surface area contributed by atoms with Crippen molar-refractivity contribution in [2.75, 3.05) is 0 Å². The molecule has 0 radical (unpaired) electrons. The van der Waals surface area contributed by atoms with Gasteiger partial charge in [0.15, 0.2) is 29.2 Å². The van der Waals surface area contributed by atoms with Crippen LogP contribution in [0, 0.1) is 0 Å². The molecule has 1 aromatic rings. The number of carbonyl (C=O) groups is 3. The SMILES string of the molecule is C[C@H]1O[C@@H](O[C@H]2[C@H](O)C[C@H](c3ccc4c(c3O)C(=O)C3=C(C4=O)[C@@]4(O)C(=O)C[C@](C)(O)C[C@@]4(O)C=C3)O[C@@H]2C)C[C@@H](O)[C@@H]1O. The molecule has 0 amide bonds. The highest BCUT2D eigenvalue weighted by atomic mass is 16.7. The highest BCUT2D eigenvalue weighted by Gasteiger charge is 2.66. The van der Waals surface area contributed by atoms with Crippen molar-refractivity contribution in [3.63, 3.8) is 0 Å². The lowest BCUT2D eigenvalue weighted by Crippen LogP contribution is -2.69. The molecule has 11 atom stereocenters. The van der Waals surface area contributed by atoms with E-state index in [9.17, 15) is 50.1 Å². The monoisotopic (exact) mass is 616 g/mol. The average Bonchev–Trinajstić information content (AvgIpc) is 2.92. The largest absolute Gasteiger partial charge is 0.507 e. The van der Waals surface area contributed by atoms with Gasteiger partial charge in [-0.3, -0.25) is 14.4 Å². The zero-order valence-corrected chi connectivity index (χ0v) is 24.3. The fraction of sp³-hybridized carbons (Fsp3) is 0.581. The predicted molar refractivity (Wildman–Crippen MR) is 147 cm³/mol. The van der Waals surface area contributed by atoms with Crippen LogP contribution in [-0.2, 0) is 19.0 Å². The van der Waals surface area contributed by atoms with E-state index in [1.54, 1.807) is 13.8 Å². The average molecular weight is 617 g/mol. The molecule has 13 nitrogen and oxygen atoms in total. The Bertz CT molecular complexity index is 1470. The fourth-order valence-corrected chi connectivity index (χ4v) is 7.30. The second kappa shape index (κ2) is 10.3. The highest BCUT2D eigenvalue weighted by Crippen LogP contribution is 2.52. The maximum Gasteiger partial charge on any atom is 0.198 e. The van der Waals surface area contributed by atoms with Crippen LogP contribution in [0.3, 0.4) is 0 Å². The van der Waals surface area contributed by atoms with E-state index in [0.717, 1.165) is 12.2 Å². The number of hydrogen-bond donors (Lipinski definition) is 7. The minimum Gasteiger partial charge on any atom is -0.507 e. The van der Waals surface area contributed by atoms with Crippen LogP contribution in [0.15, 0.2) is 35.4 Å². The summed E-state index contributed by atoms with van der Waals surface area (Å²) in [6.07, 6.45) is -6.44. The predicted octanol–water partition coefficient (Wildman–Crippen LogP) is -0.334. The van der Waals surface area contributed by atoms with Crippen molar-refractivity contribution in [1.29, 1.82) is 0 Å². The van der Waals surface area contributed by atoms with Crippen molar-refractivity contribution in [1.82, 2.24) is 0 Å². The number of phenols is 1. The number of aromatic hydroxyl groups is 1. The van der Waals surface area contributed by atoms with Crippen LogP contribution >= 0.6 is 0 Å². The van der Waals surface area contributed by atoms with E-state index in [2.05, 4.69) is 0 Å². The Kier molecular flexibility index (Phi) is 7.32. The Morgan fingerprint density at radius 1 is 0.932 bits per heavy atom. The van der Waals surface area contributed by atoms with Gasteiger partial charge >= 0.3 is 0 Å². The molecular formula is C31H36O13. The molecule has 44 heavy (non-hydrogen) atoms. The Morgan fingerprint density at radius 3 is 2.30 bits per heavy atom. The Morgan fingerprint density at radius 2 is 1.64 bits per heavy atom. The molecule has 238 valence electrons. The zero-order chi connectivity index (χ0) is 32.1. The summed E-state index contributed by atoms with van der Waals surface area (Å²) in [5.74, 6) is -3.39. The third-order valence-corrected chi connectivity index (χ3v) is 9.54. The number of ketones is 3. The maximum atomic E-state index is 13.8. The van der Waals surface area contributed by atoms with Gasteiger partial charge in [-0.05, 0) is 32.9 Å². The molecule has 2 heterocycles. The van der Waals surface area contributed by atoms with Gasteiger partial charge in [-0.2, -0.15) is 0 Å². The number of ether oxygens (including phenoxy) is 3. The number of benzene rings is 1. The van der Waals surface area contributed by atoms with Crippen molar-refractivity contribution in [3.8, 4) is 5.75 Å². The molecule has 3 aliphatic carbocycles. The molecule has 1 aromatic carbocycles. The van der Waals surface area contributed by atoms with Gasteiger partial charge < -0.3 is 50.0 Å². The normalized spacial score (nSPS) is 43.9. The Labute approximate surface area is 252 Å². The number of allylic oxidation sites excluding steroid dienone is 2. The third-order valence-electron chi connectivity index (χ3n) is 9.54. The second-order valence-electron chi connectivity index (χ2n) is 12.9. The van der Waals surface area contributed by atoms with Gasteiger partial charge in [-0.25, -0.2) is 0 Å². The molecule has 7 N–H and O–H groups in total. The van der Waals surface area contributed by atoms with Crippen molar-refractivity contribution < 1.29 is 64.3 Å². The molecule has 2 saturated heterocycles. The summed E-state index contributed by atoms with van der Waals surface area (Å²) >= 11 is 0. The zero-order valence-electron chi connectivity index (χ0n) is 24.3. The summed E-state index contributed by atoms with van der Waals surface area (Å²) < 4.78 is 17.6. The third kappa shape index (κ3) is 4.53. The van der Waals surface area contributed by atoms with E-state index in [4.69, 9.17) is 14.2 Å². The summed E-state index contributed by atoms with van der Waals surface area (Å²) in [6.45, 7) is 4.54. The molecular weight excluding hydrogens is 580 g/mol. The first-order chi connectivity index (χ1) is 20.5. The number of carbonyl (C=O) groups excluding carboxylic acids is 3. The minimum atomic E-state index is -2.78. The molecule has 0 unspecified atom stereocenters. The molecule has 2 aliphatic heterocycles. The maximum absolute atomic E-state index is 13.8. The quantitative estimate of drug-likeness (QED) is 0.231. The van der Waals surface area contributed by atoms with E-state index < -0.39 is 107 Å². The summed E-state index contributed by atoms with van der Waals surface area (Å²) in [7, 11) is 0. The number of aliphatic hydroxyl groups excluding tert-OH is 3. The topological polar surface area (TPSA) is 221 Å². The first-order valence-electron chi connectivity index (χ1n) is 14.6. The molecule has 0 bridgehead atoms. The van der Waals surface area contributed by atoms with Gasteiger partial charge in [0.25, 0.3) is 0 Å². The summed E-state index contributed by atoms with van der Waals surface area (Å²) in [5, 5.41) is 75.7. The van der Waals surface area contributed by atoms with E-state index in [1.807, 2.05) is 0 Å². The van der Waals surface area contributed by atoms with Gasteiger partial charge in [0, 0.05) is 42.4 Å². The van der Waals surface area contributed by atoms with Crippen molar-refractivity contribution in [2.24, 2.45) is 0 Å². The van der Waals surface area contributed by atoms with Crippen LogP contribution in [0.1, 0.15) is 78.8 Å². The molecule has 13 heteroatoms. The molecule has 5 aliphatic rings. The summed E-state index contributed by atoms with van der Waals surface area (Å²) in [6, 6.07) is 2.60. The highest BCUT2D eigenvalue weighted by molar-refractivity contribution is 6.31. The van der Waals surface area contributed by atoms with E-state index in [1.165, 1.54) is 19.1 Å². The standard InChI is InChI=1S/C31H36O13/c1-12-24(35)17(32)9-21(43-12)44-28-13(2)42-19(8-18(28)33)14-4-5-15-22(25(14)36)26(37)16-6-7-30(40)11-29(3,39)10-20(34)31(30,41)23(16)27(15)38/h4-7,12-13,17-19,21,24,28,32-33,35-36,39-41H,8-11H2,1-3H3/t12-,13-,17-,18-,19-,21+,24-,28-,29+,30+,31+/m1/s1. The van der Waals surface area contributed by atoms with Crippen LogP contribution in [0.25, 0.3) is 0 Å². The van der Waals surface area contributed by atoms with Gasteiger partial charge in [0.1, 0.15) is 23.6 Å². The summed E-state index contributed by atoms with van der Waals surface area (Å²) in [5.41, 5.74) is -8.32. The first-order valence-corrected chi connectivity index (χ1v) is 14.6. The smallest absolute Gasteiger partial charge is 0.198 e.